The molecule has 9 heteroatoms. The van der Waals surface area contributed by atoms with Gasteiger partial charge in [0.15, 0.2) is 0 Å². The molecule has 6 rings (SSSR count). The molecule has 1 aliphatic heterocycles. The zero-order valence-electron chi connectivity index (χ0n) is 30.6. The third-order valence-corrected chi connectivity index (χ3v) is 8.40. The fourth-order valence-electron chi connectivity index (χ4n) is 5.90. The lowest BCUT2D eigenvalue weighted by Gasteiger charge is -2.47. The Morgan fingerprint density at radius 2 is 1.54 bits per heavy atom. The van der Waals surface area contributed by atoms with Crippen molar-refractivity contribution in [2.75, 3.05) is 32.1 Å². The summed E-state index contributed by atoms with van der Waals surface area (Å²) in [5, 5.41) is 29.4. The fraction of sp³-hybridized carbons (Fsp3) is 0.615. The van der Waals surface area contributed by atoms with Gasteiger partial charge in [0.2, 0.25) is 6.41 Å². The largest absolute Gasteiger partial charge is 0.396 e. The van der Waals surface area contributed by atoms with Crippen molar-refractivity contribution in [2.45, 2.75) is 111 Å². The van der Waals surface area contributed by atoms with Gasteiger partial charge < -0.3 is 36.1 Å². The molecule has 0 spiro atoms. The summed E-state index contributed by atoms with van der Waals surface area (Å²) in [5.41, 5.74) is 9.58. The summed E-state index contributed by atoms with van der Waals surface area (Å²) in [6, 6.07) is 15.4. The van der Waals surface area contributed by atoms with Crippen LogP contribution in [0.2, 0.25) is 0 Å². The number of likely N-dealkylation sites (tertiary alicyclic amines) is 1. The lowest BCUT2D eigenvalue weighted by Crippen LogP contribution is -2.51. The Morgan fingerprint density at radius 3 is 2.00 bits per heavy atom. The van der Waals surface area contributed by atoms with E-state index in [-0.39, 0.29) is 5.78 Å². The molecule has 2 bridgehead atoms. The molecule has 5 atom stereocenters. The predicted molar refractivity (Wildman–Crippen MR) is 197 cm³/mol. The van der Waals surface area contributed by atoms with Gasteiger partial charge in [-0.1, -0.05) is 70.5 Å². The van der Waals surface area contributed by atoms with Crippen LogP contribution >= 0.6 is 0 Å². The second kappa shape index (κ2) is 26.9. The molecule has 1 heterocycles. The van der Waals surface area contributed by atoms with Gasteiger partial charge in [-0.2, -0.15) is 0 Å². The number of fused-ring (bicyclic) bond motifs is 3. The first-order valence-electron chi connectivity index (χ1n) is 17.6. The smallest absolute Gasteiger partial charge is 0.211 e. The maximum absolute atomic E-state index is 10.2. The van der Waals surface area contributed by atoms with E-state index in [0.717, 1.165) is 37.9 Å². The molecule has 48 heavy (non-hydrogen) atoms. The van der Waals surface area contributed by atoms with Crippen molar-refractivity contribution in [3.05, 3.63) is 65.2 Å². The standard InChI is InChI=1S/C13H20N2.C9H16O2.C8H7NO2.C3H6O.C3H8O.C3H8/c1-15-7-5-12(6-8-15)13-4-2-3-11(9-13)10-14;1-5-4-6-2-3-7(5)9(11)8(6)10;10-5-7-2-1-3-8(4-7)9-6-11;1-3(2)4;1-2-3-4;1-3-2/h2-4,9,12H,5-8,10,14H2,1H3;5-11H,2-4H2,1H3;1-6H,(H,9,11);1-2H3;4H,2-3H2,1H3;3H2,1-2H3. The van der Waals surface area contributed by atoms with Crippen LogP contribution in [-0.4, -0.2) is 77.7 Å². The van der Waals surface area contributed by atoms with Crippen LogP contribution in [0.4, 0.5) is 5.69 Å². The molecule has 272 valence electrons. The Kier molecular flexibility index (Phi) is 25.3. The van der Waals surface area contributed by atoms with Crippen LogP contribution in [-0.2, 0) is 16.1 Å². The van der Waals surface area contributed by atoms with Crippen LogP contribution in [0.15, 0.2) is 48.5 Å². The number of carbonyl (C=O) groups is 3. The highest BCUT2D eigenvalue weighted by atomic mass is 16.3. The topological polar surface area (TPSA) is 153 Å². The van der Waals surface area contributed by atoms with Crippen molar-refractivity contribution < 1.29 is 29.7 Å². The van der Waals surface area contributed by atoms with E-state index >= 15 is 0 Å². The van der Waals surface area contributed by atoms with Crippen LogP contribution in [0.25, 0.3) is 0 Å². The molecule has 1 saturated heterocycles. The van der Waals surface area contributed by atoms with Gasteiger partial charge in [-0.15, -0.1) is 0 Å². The fourth-order valence-corrected chi connectivity index (χ4v) is 5.90. The van der Waals surface area contributed by atoms with E-state index in [2.05, 4.69) is 62.3 Å². The number of hydrogen-bond acceptors (Lipinski definition) is 8. The summed E-state index contributed by atoms with van der Waals surface area (Å²) in [4.78, 5) is 32.1. The number of Topliss-reactive ketones (excluding diaryl/α,β-unsaturated/α-hetero) is 1. The molecule has 6 N–H and O–H groups in total. The predicted octanol–water partition coefficient (Wildman–Crippen LogP) is 6.20. The summed E-state index contributed by atoms with van der Waals surface area (Å²) in [6.45, 7) is 14.8. The monoisotopic (exact) mass is 671 g/mol. The number of ketones is 1. The molecule has 3 saturated carbocycles. The number of carbonyl (C=O) groups excluding carboxylic acids is 3. The van der Waals surface area contributed by atoms with Crippen molar-refractivity contribution >= 4 is 24.2 Å². The van der Waals surface area contributed by atoms with E-state index in [1.54, 1.807) is 24.3 Å². The average molecular weight is 672 g/mol. The van der Waals surface area contributed by atoms with Gasteiger partial charge in [0, 0.05) is 24.4 Å². The van der Waals surface area contributed by atoms with Crippen molar-refractivity contribution in [3.8, 4) is 0 Å². The van der Waals surface area contributed by atoms with Gasteiger partial charge in [0.05, 0.1) is 12.2 Å². The molecule has 0 radical (unpaired) electrons. The third kappa shape index (κ3) is 18.6. The number of aliphatic hydroxyl groups excluding tert-OH is 3. The molecule has 5 unspecified atom stereocenters. The SMILES string of the molecule is CC(C)=O.CC1CC2CCC1C(O)C2O.CCC.CCCO.CN1CCC(c2cccc(CN)c2)CC1.O=CNc1cccc(C=O)c1. The number of nitrogens with one attached hydrogen (secondary N) is 1. The van der Waals surface area contributed by atoms with Crippen molar-refractivity contribution in [2.24, 2.45) is 23.5 Å². The molecule has 4 fully saturated rings. The number of piperidine rings is 1. The van der Waals surface area contributed by atoms with E-state index in [9.17, 15) is 24.6 Å². The first-order valence-corrected chi connectivity index (χ1v) is 17.6. The minimum absolute atomic E-state index is 0.167. The number of rotatable bonds is 6. The van der Waals surface area contributed by atoms with Crippen LogP contribution in [0.5, 0.6) is 0 Å². The maximum atomic E-state index is 10.2. The van der Waals surface area contributed by atoms with Crippen LogP contribution < -0.4 is 11.1 Å². The molecule has 9 nitrogen and oxygen atoms in total. The third-order valence-electron chi connectivity index (χ3n) is 8.40. The lowest BCUT2D eigenvalue weighted by atomic mass is 9.62. The molecule has 4 aliphatic rings. The first-order chi connectivity index (χ1) is 22.9. The second-order valence-corrected chi connectivity index (χ2v) is 13.1. The number of amides is 1. The van der Waals surface area contributed by atoms with Gasteiger partial charge >= 0.3 is 0 Å². The summed E-state index contributed by atoms with van der Waals surface area (Å²) < 4.78 is 0. The second-order valence-electron chi connectivity index (χ2n) is 13.1. The minimum atomic E-state index is -0.433. The minimum Gasteiger partial charge on any atom is -0.396 e. The average Bonchev–Trinajstić information content (AvgIpc) is 3.08. The number of benzene rings is 2. The molecular formula is C39H65N3O6. The quantitative estimate of drug-likeness (QED) is 0.228. The van der Waals surface area contributed by atoms with Gasteiger partial charge in [0.1, 0.15) is 12.1 Å². The van der Waals surface area contributed by atoms with Gasteiger partial charge in [-0.25, -0.2) is 0 Å². The number of hydrogen-bond donors (Lipinski definition) is 5. The number of nitrogens with zero attached hydrogens (tertiary/aromatic N) is 1. The van der Waals surface area contributed by atoms with E-state index in [4.69, 9.17) is 10.8 Å². The van der Waals surface area contributed by atoms with Gasteiger partial charge in [0.25, 0.3) is 0 Å². The van der Waals surface area contributed by atoms with E-state index in [0.29, 0.717) is 48.6 Å². The number of aliphatic hydroxyl groups is 3. The normalized spacial score (nSPS) is 22.5. The zero-order valence-corrected chi connectivity index (χ0v) is 30.6. The molecule has 1 amide bonds. The molecule has 2 aromatic rings. The van der Waals surface area contributed by atoms with Gasteiger partial charge in [-0.05, 0) is 119 Å². The number of nitrogens with two attached hydrogens (primary N) is 1. The Hall–Kier alpha value is -2.95. The van der Waals surface area contributed by atoms with E-state index in [1.165, 1.54) is 57.3 Å². The zero-order chi connectivity index (χ0) is 36.5. The number of aldehydes is 1. The molecule has 3 aliphatic carbocycles. The summed E-state index contributed by atoms with van der Waals surface area (Å²) in [5.74, 6) is 2.28. The molecule has 0 aromatic heterocycles. The van der Waals surface area contributed by atoms with E-state index in [1.807, 2.05) is 6.92 Å². The first kappa shape index (κ1) is 45.0. The highest BCUT2D eigenvalue weighted by Gasteiger charge is 2.45. The Balaban J connectivity index is 0.000000605. The Labute approximate surface area is 290 Å². The summed E-state index contributed by atoms with van der Waals surface area (Å²) in [7, 11) is 2.20. The van der Waals surface area contributed by atoms with E-state index < -0.39 is 12.2 Å². The Morgan fingerprint density at radius 1 is 0.958 bits per heavy atom. The highest BCUT2D eigenvalue weighted by molar-refractivity contribution is 5.79. The van der Waals surface area contributed by atoms with Gasteiger partial charge in [-0.3, -0.25) is 9.59 Å². The number of anilines is 1. The van der Waals surface area contributed by atoms with Crippen molar-refractivity contribution in [1.29, 1.82) is 0 Å². The van der Waals surface area contributed by atoms with Crippen molar-refractivity contribution in [1.82, 2.24) is 4.90 Å². The molecule has 2 aromatic carbocycles. The highest BCUT2D eigenvalue weighted by Crippen LogP contribution is 2.44. The Bertz CT molecular complexity index is 1130. The van der Waals surface area contributed by atoms with Crippen molar-refractivity contribution in [3.63, 3.8) is 0 Å². The van der Waals surface area contributed by atoms with Crippen LogP contribution in [0.1, 0.15) is 114 Å². The molecular weight excluding hydrogens is 606 g/mol. The lowest BCUT2D eigenvalue weighted by molar-refractivity contribution is -0.129. The van der Waals surface area contributed by atoms with Crippen LogP contribution in [0, 0.1) is 17.8 Å². The van der Waals surface area contributed by atoms with Crippen LogP contribution in [0.3, 0.4) is 0 Å². The summed E-state index contributed by atoms with van der Waals surface area (Å²) in [6.07, 6.45) is 8.48. The summed E-state index contributed by atoms with van der Waals surface area (Å²) >= 11 is 0. The maximum Gasteiger partial charge on any atom is 0.211 e.